The van der Waals surface area contributed by atoms with E-state index in [4.69, 9.17) is 4.74 Å². The largest absolute Gasteiger partial charge is 0.478 e. The summed E-state index contributed by atoms with van der Waals surface area (Å²) in [4.78, 5) is 21.1. The maximum Gasteiger partial charge on any atom is 0.252 e. The molecule has 2 rings (SSSR count). The lowest BCUT2D eigenvalue weighted by atomic mass is 10.2. The number of likely N-dealkylation sites (N-methyl/N-ethyl adjacent to an activating group) is 1. The van der Waals surface area contributed by atoms with Crippen LogP contribution in [0.2, 0.25) is 0 Å². The van der Waals surface area contributed by atoms with Crippen molar-refractivity contribution in [3.05, 3.63) is 23.9 Å². The Morgan fingerprint density at radius 3 is 2.57 bits per heavy atom. The topological polar surface area (TPSA) is 57.7 Å². The first-order valence-corrected chi connectivity index (χ1v) is 8.54. The minimum absolute atomic E-state index is 0.0728. The molecule has 128 valence electrons. The third-order valence-corrected chi connectivity index (χ3v) is 4.14. The number of piperazine rings is 1. The molecule has 6 heteroatoms. The average Bonchev–Trinajstić information content (AvgIpc) is 2.60. The fourth-order valence-electron chi connectivity index (χ4n) is 2.68. The lowest BCUT2D eigenvalue weighted by molar-refractivity contribution is 0.0948. The Labute approximate surface area is 138 Å². The van der Waals surface area contributed by atoms with Gasteiger partial charge in [0, 0.05) is 45.0 Å². The lowest BCUT2D eigenvalue weighted by Gasteiger charge is -2.33. The van der Waals surface area contributed by atoms with Gasteiger partial charge in [-0.1, -0.05) is 6.92 Å². The maximum atomic E-state index is 12.0. The highest BCUT2D eigenvalue weighted by Crippen LogP contribution is 2.07. The van der Waals surface area contributed by atoms with Crippen molar-refractivity contribution in [2.75, 3.05) is 52.4 Å². The van der Waals surface area contributed by atoms with Crippen LogP contribution in [0.5, 0.6) is 5.88 Å². The number of pyridine rings is 1. The second-order valence-corrected chi connectivity index (χ2v) is 5.70. The molecule has 0 radical (unpaired) electrons. The second-order valence-electron chi connectivity index (χ2n) is 5.70. The van der Waals surface area contributed by atoms with E-state index in [1.54, 1.807) is 18.3 Å². The Balaban J connectivity index is 1.63. The third-order valence-electron chi connectivity index (χ3n) is 4.14. The minimum atomic E-state index is -0.0728. The van der Waals surface area contributed by atoms with Crippen LogP contribution in [0.25, 0.3) is 0 Å². The Morgan fingerprint density at radius 2 is 1.96 bits per heavy atom. The van der Waals surface area contributed by atoms with Crippen molar-refractivity contribution in [2.45, 2.75) is 20.3 Å². The maximum absolute atomic E-state index is 12.0. The molecule has 1 fully saturated rings. The molecule has 1 amide bonds. The summed E-state index contributed by atoms with van der Waals surface area (Å²) >= 11 is 0. The minimum Gasteiger partial charge on any atom is -0.478 e. The van der Waals surface area contributed by atoms with Crippen molar-refractivity contribution in [1.29, 1.82) is 0 Å². The van der Waals surface area contributed by atoms with Crippen LogP contribution in [0.4, 0.5) is 0 Å². The summed E-state index contributed by atoms with van der Waals surface area (Å²) in [5, 5.41) is 2.95. The van der Waals surface area contributed by atoms with Gasteiger partial charge >= 0.3 is 0 Å². The Hall–Kier alpha value is -1.66. The van der Waals surface area contributed by atoms with Crippen LogP contribution >= 0.6 is 0 Å². The van der Waals surface area contributed by atoms with Crippen LogP contribution in [0.3, 0.4) is 0 Å². The molecule has 1 aliphatic heterocycles. The molecule has 1 aromatic heterocycles. The number of nitrogens with one attached hydrogen (secondary N) is 1. The number of amides is 1. The number of carbonyl (C=O) groups excluding carboxylic acids is 1. The van der Waals surface area contributed by atoms with Gasteiger partial charge in [-0.3, -0.25) is 4.79 Å². The van der Waals surface area contributed by atoms with Gasteiger partial charge in [0.15, 0.2) is 0 Å². The lowest BCUT2D eigenvalue weighted by Crippen LogP contribution is -2.46. The number of rotatable bonds is 8. The molecule has 0 aromatic carbocycles. The van der Waals surface area contributed by atoms with Gasteiger partial charge in [-0.2, -0.15) is 0 Å². The van der Waals surface area contributed by atoms with Gasteiger partial charge in [0.1, 0.15) is 0 Å². The van der Waals surface area contributed by atoms with E-state index in [-0.39, 0.29) is 5.91 Å². The van der Waals surface area contributed by atoms with E-state index in [2.05, 4.69) is 27.0 Å². The van der Waals surface area contributed by atoms with Gasteiger partial charge in [-0.25, -0.2) is 4.98 Å². The molecule has 1 aliphatic rings. The van der Waals surface area contributed by atoms with Gasteiger partial charge in [-0.15, -0.1) is 0 Å². The van der Waals surface area contributed by atoms with Crippen molar-refractivity contribution in [2.24, 2.45) is 0 Å². The van der Waals surface area contributed by atoms with Gasteiger partial charge in [0.2, 0.25) is 5.88 Å². The van der Waals surface area contributed by atoms with Crippen LogP contribution < -0.4 is 10.1 Å². The molecule has 1 N–H and O–H groups in total. The van der Waals surface area contributed by atoms with Crippen molar-refractivity contribution >= 4 is 5.91 Å². The van der Waals surface area contributed by atoms with E-state index >= 15 is 0 Å². The zero-order chi connectivity index (χ0) is 16.5. The summed E-state index contributed by atoms with van der Waals surface area (Å²) in [6.45, 7) is 12.1. The van der Waals surface area contributed by atoms with Gasteiger partial charge in [0.25, 0.3) is 5.91 Å². The number of nitrogens with zero attached hydrogens (tertiary/aromatic N) is 3. The number of aromatic nitrogens is 1. The average molecular weight is 320 g/mol. The molecule has 1 aromatic rings. The molecule has 0 spiro atoms. The van der Waals surface area contributed by atoms with Crippen molar-refractivity contribution < 1.29 is 9.53 Å². The van der Waals surface area contributed by atoms with E-state index in [0.717, 1.165) is 45.7 Å². The summed E-state index contributed by atoms with van der Waals surface area (Å²) < 4.78 is 5.27. The van der Waals surface area contributed by atoms with E-state index in [1.165, 1.54) is 0 Å². The molecule has 0 atom stereocenters. The Morgan fingerprint density at radius 1 is 1.22 bits per heavy atom. The van der Waals surface area contributed by atoms with Crippen LogP contribution in [0, 0.1) is 0 Å². The second kappa shape index (κ2) is 9.47. The van der Waals surface area contributed by atoms with Gasteiger partial charge in [0.05, 0.1) is 12.2 Å². The molecule has 1 saturated heterocycles. The van der Waals surface area contributed by atoms with E-state index in [9.17, 15) is 4.79 Å². The third kappa shape index (κ3) is 5.80. The van der Waals surface area contributed by atoms with Crippen molar-refractivity contribution in [1.82, 2.24) is 20.1 Å². The molecule has 2 heterocycles. The summed E-state index contributed by atoms with van der Waals surface area (Å²) in [5.41, 5.74) is 0.574. The monoisotopic (exact) mass is 320 g/mol. The zero-order valence-electron chi connectivity index (χ0n) is 14.3. The van der Waals surface area contributed by atoms with Crippen molar-refractivity contribution in [3.8, 4) is 5.88 Å². The molecule has 0 bridgehead atoms. The highest BCUT2D eigenvalue weighted by molar-refractivity contribution is 5.93. The van der Waals surface area contributed by atoms with Crippen LogP contribution in [0.1, 0.15) is 30.6 Å². The highest BCUT2D eigenvalue weighted by Gasteiger charge is 2.14. The smallest absolute Gasteiger partial charge is 0.252 e. The molecular formula is C17H28N4O2. The van der Waals surface area contributed by atoms with Crippen molar-refractivity contribution in [3.63, 3.8) is 0 Å². The van der Waals surface area contributed by atoms with Gasteiger partial charge in [-0.05, 0) is 32.5 Å². The number of ether oxygens (including phenoxy) is 1. The normalized spacial score (nSPS) is 16.3. The highest BCUT2D eigenvalue weighted by atomic mass is 16.5. The standard InChI is InChI=1S/C17H28N4O2/c1-3-20-10-12-21(13-11-20)9-5-8-18-17(22)15-6-7-16(19-14-15)23-4-2/h6-7,14H,3-5,8-13H2,1-2H3,(H,18,22). The Bertz CT molecular complexity index is 470. The zero-order valence-corrected chi connectivity index (χ0v) is 14.3. The molecule has 6 nitrogen and oxygen atoms in total. The molecule has 0 saturated carbocycles. The number of carbonyl (C=O) groups is 1. The first kappa shape index (κ1) is 17.7. The summed E-state index contributed by atoms with van der Waals surface area (Å²) in [5.74, 6) is 0.478. The SMILES string of the molecule is CCOc1ccc(C(=O)NCCCN2CCN(CC)CC2)cn1. The molecular weight excluding hydrogens is 292 g/mol. The predicted molar refractivity (Wildman–Crippen MR) is 90.9 cm³/mol. The van der Waals surface area contributed by atoms with E-state index in [1.807, 2.05) is 6.92 Å². The molecule has 0 unspecified atom stereocenters. The first-order valence-electron chi connectivity index (χ1n) is 8.54. The summed E-state index contributed by atoms with van der Waals surface area (Å²) in [6, 6.07) is 3.48. The van der Waals surface area contributed by atoms with Crippen LogP contribution in [-0.4, -0.2) is 73.1 Å². The number of hydrogen-bond acceptors (Lipinski definition) is 5. The predicted octanol–water partition coefficient (Wildman–Crippen LogP) is 1.24. The van der Waals surface area contributed by atoms with Crippen LogP contribution in [-0.2, 0) is 0 Å². The van der Waals surface area contributed by atoms with E-state index in [0.29, 0.717) is 24.6 Å². The molecule has 23 heavy (non-hydrogen) atoms. The Kier molecular flexibility index (Phi) is 7.29. The van der Waals surface area contributed by atoms with Gasteiger partial charge < -0.3 is 19.9 Å². The fourth-order valence-corrected chi connectivity index (χ4v) is 2.68. The first-order chi connectivity index (χ1) is 11.2. The fraction of sp³-hybridized carbons (Fsp3) is 0.647. The number of hydrogen-bond donors (Lipinski definition) is 1. The quantitative estimate of drug-likeness (QED) is 0.730. The van der Waals surface area contributed by atoms with Crippen LogP contribution in [0.15, 0.2) is 18.3 Å². The van der Waals surface area contributed by atoms with E-state index < -0.39 is 0 Å². The summed E-state index contributed by atoms with van der Waals surface area (Å²) in [7, 11) is 0. The summed E-state index contributed by atoms with van der Waals surface area (Å²) in [6.07, 6.45) is 2.53. The molecule has 0 aliphatic carbocycles.